The molecule has 3 rings (SSSR count). The Kier molecular flexibility index (Phi) is 8.79. The Morgan fingerprint density at radius 1 is 0.952 bits per heavy atom. The van der Waals surface area contributed by atoms with Crippen molar-refractivity contribution in [2.45, 2.75) is 70.6 Å². The number of primary amides is 1. The Hall–Kier alpha value is -1.32. The van der Waals surface area contributed by atoms with E-state index in [1.165, 1.54) is 38.5 Å². The van der Waals surface area contributed by atoms with Crippen molar-refractivity contribution in [3.05, 3.63) is 12.3 Å². The summed E-state index contributed by atoms with van der Waals surface area (Å²) in [5, 5.41) is 0. The lowest BCUT2D eigenvalue weighted by Crippen LogP contribution is -2.20. The zero-order valence-electron chi connectivity index (χ0n) is 13.0. The van der Waals surface area contributed by atoms with Gasteiger partial charge in [-0.25, -0.2) is 0 Å². The lowest BCUT2D eigenvalue weighted by Gasteiger charge is -2.32. The van der Waals surface area contributed by atoms with Gasteiger partial charge in [-0.05, 0) is 11.8 Å². The number of rotatable bonds is 1. The second-order valence-corrected chi connectivity index (χ2v) is 6.12. The maximum atomic E-state index is 9.83. The molecule has 0 aromatic carbocycles. The highest BCUT2D eigenvalue weighted by molar-refractivity contribution is 5.79. The maximum absolute atomic E-state index is 9.83. The standard InChI is InChI=1S/C12H22.C4H4O2.CH3NO/c1-3-7-11(8-4-1)12-9-5-2-6-10-12;1-3-2-4(5)6-3;2-1-3/h11-12H,1-10H2;1-2H2;1H,(H2,2,3). The largest absolute Gasteiger partial charge is 0.431 e. The third kappa shape index (κ3) is 7.30. The zero-order chi connectivity index (χ0) is 15.5. The summed E-state index contributed by atoms with van der Waals surface area (Å²) >= 11 is 0. The smallest absolute Gasteiger partial charge is 0.318 e. The molecule has 1 aliphatic heterocycles. The maximum Gasteiger partial charge on any atom is 0.318 e. The lowest BCUT2D eigenvalue weighted by molar-refractivity contribution is -0.148. The predicted octanol–water partition coefficient (Wildman–Crippen LogP) is 3.70. The Labute approximate surface area is 128 Å². The minimum atomic E-state index is -0.167. The van der Waals surface area contributed by atoms with Gasteiger partial charge in [-0.2, -0.15) is 0 Å². The fraction of sp³-hybridized carbons (Fsp3) is 0.765. The zero-order valence-corrected chi connectivity index (χ0v) is 13.0. The van der Waals surface area contributed by atoms with Crippen LogP contribution in [0.2, 0.25) is 0 Å². The number of carbonyl (C=O) groups excluding carboxylic acids is 2. The van der Waals surface area contributed by atoms with Gasteiger partial charge in [0.1, 0.15) is 12.2 Å². The summed E-state index contributed by atoms with van der Waals surface area (Å²) in [4.78, 5) is 18.4. The third-order valence-electron chi connectivity index (χ3n) is 4.57. The first-order valence-corrected chi connectivity index (χ1v) is 8.21. The molecule has 1 heterocycles. The fourth-order valence-electron chi connectivity index (χ4n) is 3.52. The van der Waals surface area contributed by atoms with E-state index in [-0.39, 0.29) is 12.4 Å². The number of hydrogen-bond acceptors (Lipinski definition) is 3. The van der Waals surface area contributed by atoms with E-state index in [9.17, 15) is 4.79 Å². The van der Waals surface area contributed by atoms with E-state index < -0.39 is 0 Å². The molecule has 0 unspecified atom stereocenters. The van der Waals surface area contributed by atoms with E-state index in [1.54, 1.807) is 25.7 Å². The highest BCUT2D eigenvalue weighted by Crippen LogP contribution is 2.37. The predicted molar refractivity (Wildman–Crippen MR) is 83.3 cm³/mol. The molecule has 120 valence electrons. The van der Waals surface area contributed by atoms with E-state index in [0.717, 1.165) is 11.8 Å². The van der Waals surface area contributed by atoms with Crippen molar-refractivity contribution < 1.29 is 14.3 Å². The van der Waals surface area contributed by atoms with E-state index in [2.05, 4.69) is 17.0 Å². The van der Waals surface area contributed by atoms with Crippen molar-refractivity contribution in [3.63, 3.8) is 0 Å². The molecule has 1 saturated heterocycles. The summed E-state index contributed by atoms with van der Waals surface area (Å²) in [5.41, 5.74) is 4.17. The Bertz CT molecular complexity index is 291. The van der Waals surface area contributed by atoms with Crippen LogP contribution in [0.5, 0.6) is 0 Å². The first kappa shape index (κ1) is 17.7. The van der Waals surface area contributed by atoms with E-state index in [1.807, 2.05) is 0 Å². The highest BCUT2D eigenvalue weighted by Gasteiger charge is 2.24. The van der Waals surface area contributed by atoms with Crippen molar-refractivity contribution in [2.24, 2.45) is 17.6 Å². The SMILES string of the molecule is C1CCC(C2CCCCC2)CC1.C=C1CC(=O)O1.NC=O. The van der Waals surface area contributed by atoms with Gasteiger partial charge in [0, 0.05) is 0 Å². The monoisotopic (exact) mass is 295 g/mol. The normalized spacial score (nSPS) is 22.7. The second kappa shape index (κ2) is 10.4. The van der Waals surface area contributed by atoms with Gasteiger partial charge in [0.05, 0.1) is 0 Å². The summed E-state index contributed by atoms with van der Waals surface area (Å²) in [5.74, 6) is 2.69. The van der Waals surface area contributed by atoms with Gasteiger partial charge >= 0.3 is 5.97 Å². The number of nitrogens with two attached hydrogens (primary N) is 1. The molecular weight excluding hydrogens is 266 g/mol. The van der Waals surface area contributed by atoms with Gasteiger partial charge < -0.3 is 10.5 Å². The van der Waals surface area contributed by atoms with Crippen LogP contribution in [0.1, 0.15) is 70.6 Å². The van der Waals surface area contributed by atoms with Crippen molar-refractivity contribution in [1.29, 1.82) is 0 Å². The summed E-state index contributed by atoms with van der Waals surface area (Å²) < 4.78 is 4.31. The quantitative estimate of drug-likeness (QED) is 0.592. The first-order chi connectivity index (χ1) is 10.2. The van der Waals surface area contributed by atoms with Crippen molar-refractivity contribution >= 4 is 12.4 Å². The minimum absolute atomic E-state index is 0.167. The molecule has 3 aliphatic rings. The molecule has 0 spiro atoms. The van der Waals surface area contributed by atoms with Gasteiger partial charge in [0.2, 0.25) is 6.41 Å². The van der Waals surface area contributed by atoms with Crippen LogP contribution in [0.25, 0.3) is 0 Å². The third-order valence-corrected chi connectivity index (χ3v) is 4.57. The van der Waals surface area contributed by atoms with Gasteiger partial charge in [0.25, 0.3) is 0 Å². The molecule has 2 saturated carbocycles. The number of amides is 1. The van der Waals surface area contributed by atoms with Gasteiger partial charge in [-0.1, -0.05) is 70.8 Å². The first-order valence-electron chi connectivity index (χ1n) is 8.21. The molecule has 2 aliphatic carbocycles. The molecule has 0 bridgehead atoms. The summed E-state index contributed by atoms with van der Waals surface area (Å²) in [6, 6.07) is 0. The minimum Gasteiger partial charge on any atom is -0.431 e. The second-order valence-electron chi connectivity index (χ2n) is 6.12. The molecule has 21 heavy (non-hydrogen) atoms. The van der Waals surface area contributed by atoms with Crippen LogP contribution in [0, 0.1) is 11.8 Å². The Balaban J connectivity index is 0.000000205. The number of esters is 1. The summed E-state index contributed by atoms with van der Waals surface area (Å²) in [7, 11) is 0. The van der Waals surface area contributed by atoms with Crippen molar-refractivity contribution in [1.82, 2.24) is 0 Å². The molecule has 3 fully saturated rings. The van der Waals surface area contributed by atoms with Crippen LogP contribution >= 0.6 is 0 Å². The molecule has 4 nitrogen and oxygen atoms in total. The highest BCUT2D eigenvalue weighted by atomic mass is 16.6. The van der Waals surface area contributed by atoms with Gasteiger partial charge in [-0.3, -0.25) is 9.59 Å². The average molecular weight is 295 g/mol. The summed E-state index contributed by atoms with van der Waals surface area (Å²) in [6.07, 6.45) is 16.1. The number of carbonyl (C=O) groups is 2. The van der Waals surface area contributed by atoms with Crippen LogP contribution in [0.3, 0.4) is 0 Å². The fourth-order valence-corrected chi connectivity index (χ4v) is 3.52. The lowest BCUT2D eigenvalue weighted by atomic mass is 9.73. The number of ether oxygens (including phenoxy) is 1. The summed E-state index contributed by atoms with van der Waals surface area (Å²) in [6.45, 7) is 3.37. The van der Waals surface area contributed by atoms with Crippen LogP contribution in [-0.2, 0) is 14.3 Å². The molecule has 0 radical (unpaired) electrons. The molecule has 2 N–H and O–H groups in total. The molecule has 4 heteroatoms. The van der Waals surface area contributed by atoms with E-state index >= 15 is 0 Å². The van der Waals surface area contributed by atoms with E-state index in [4.69, 9.17) is 4.79 Å². The van der Waals surface area contributed by atoms with Crippen LogP contribution < -0.4 is 5.73 Å². The number of cyclic esters (lactones) is 1. The molecule has 0 aromatic heterocycles. The molecule has 0 atom stereocenters. The average Bonchev–Trinajstić information content (AvgIpc) is 2.49. The Morgan fingerprint density at radius 3 is 1.48 bits per heavy atom. The van der Waals surface area contributed by atoms with Crippen LogP contribution in [0.15, 0.2) is 12.3 Å². The van der Waals surface area contributed by atoms with Gasteiger partial charge in [-0.15, -0.1) is 0 Å². The Morgan fingerprint density at radius 2 is 1.29 bits per heavy atom. The van der Waals surface area contributed by atoms with Crippen molar-refractivity contribution in [2.75, 3.05) is 0 Å². The van der Waals surface area contributed by atoms with Crippen molar-refractivity contribution in [3.8, 4) is 0 Å². The van der Waals surface area contributed by atoms with Crippen LogP contribution in [0.4, 0.5) is 0 Å². The van der Waals surface area contributed by atoms with Gasteiger partial charge in [0.15, 0.2) is 0 Å². The molecule has 1 amide bonds. The molecule has 0 aromatic rings. The molecular formula is C17H29NO3. The number of hydrogen-bond donors (Lipinski definition) is 1. The van der Waals surface area contributed by atoms with E-state index in [0.29, 0.717) is 12.2 Å². The van der Waals surface area contributed by atoms with Crippen LogP contribution in [-0.4, -0.2) is 12.4 Å². The topological polar surface area (TPSA) is 69.4 Å².